The Morgan fingerprint density at radius 2 is 2.00 bits per heavy atom. The maximum absolute atomic E-state index is 12.6. The fourth-order valence-corrected chi connectivity index (χ4v) is 3.72. The third kappa shape index (κ3) is 4.17. The number of benzene rings is 2. The molecule has 0 spiro atoms. The Balaban J connectivity index is 1.83. The molecule has 10 heteroatoms. The van der Waals surface area contributed by atoms with E-state index in [9.17, 15) is 23.3 Å². The Kier molecular flexibility index (Phi) is 5.00. The van der Waals surface area contributed by atoms with Crippen LogP contribution in [0.15, 0.2) is 48.5 Å². The van der Waals surface area contributed by atoms with E-state index < -0.39 is 27.0 Å². The van der Waals surface area contributed by atoms with Crippen molar-refractivity contribution >= 4 is 33.0 Å². The van der Waals surface area contributed by atoms with Gasteiger partial charge >= 0.3 is 0 Å². The molecule has 0 bridgehead atoms. The number of amides is 1. The van der Waals surface area contributed by atoms with Crippen LogP contribution in [0.4, 0.5) is 17.1 Å². The van der Waals surface area contributed by atoms with Gasteiger partial charge in [0, 0.05) is 30.8 Å². The molecule has 0 fully saturated rings. The number of hydrogen-bond acceptors (Lipinski definition) is 6. The minimum atomic E-state index is -3.54. The molecule has 27 heavy (non-hydrogen) atoms. The normalized spacial score (nSPS) is 16.6. The zero-order valence-corrected chi connectivity index (χ0v) is 15.2. The van der Waals surface area contributed by atoms with Gasteiger partial charge in [0.25, 0.3) is 11.6 Å². The number of nitro benzene ring substituents is 1. The average molecular weight is 391 g/mol. The number of carbonyl (C=O) groups excluding carboxylic acids is 1. The number of nitro groups is 1. The number of carbonyl (C=O) groups is 1. The number of rotatable bonds is 4. The Hall–Kier alpha value is -3.14. The van der Waals surface area contributed by atoms with Crippen LogP contribution in [0.3, 0.4) is 0 Å². The van der Waals surface area contributed by atoms with Crippen LogP contribution in [-0.4, -0.2) is 38.2 Å². The number of sulfonamides is 1. The fourth-order valence-electron chi connectivity index (χ4n) is 2.78. The summed E-state index contributed by atoms with van der Waals surface area (Å²) in [6.45, 7) is 0.0723. The Morgan fingerprint density at radius 1 is 1.26 bits per heavy atom. The molecule has 9 nitrogen and oxygen atoms in total. The predicted molar refractivity (Wildman–Crippen MR) is 99.4 cm³/mol. The minimum absolute atomic E-state index is 0.0723. The summed E-state index contributed by atoms with van der Waals surface area (Å²) < 4.78 is 31.1. The number of non-ortho nitro benzene ring substituents is 1. The first kappa shape index (κ1) is 18.6. The summed E-state index contributed by atoms with van der Waals surface area (Å²) in [7, 11) is -3.54. The molecule has 0 saturated heterocycles. The van der Waals surface area contributed by atoms with Gasteiger partial charge in [-0.05, 0) is 18.2 Å². The smallest absolute Gasteiger partial charge is 0.271 e. The van der Waals surface area contributed by atoms with E-state index in [2.05, 4.69) is 5.32 Å². The molecule has 1 amide bonds. The molecule has 1 N–H and O–H groups in total. The second kappa shape index (κ2) is 7.23. The molecule has 1 atom stereocenters. The van der Waals surface area contributed by atoms with E-state index >= 15 is 0 Å². The van der Waals surface area contributed by atoms with Gasteiger partial charge in [-0.1, -0.05) is 18.2 Å². The summed E-state index contributed by atoms with van der Waals surface area (Å²) in [4.78, 5) is 22.9. The first-order valence-corrected chi connectivity index (χ1v) is 9.89. The lowest BCUT2D eigenvalue weighted by molar-refractivity contribution is -0.384. The highest BCUT2D eigenvalue weighted by Gasteiger charge is 2.31. The predicted octanol–water partition coefficient (Wildman–Crippen LogP) is 2.15. The van der Waals surface area contributed by atoms with Crippen molar-refractivity contribution in [2.75, 3.05) is 22.4 Å². The molecule has 2 aromatic rings. The zero-order chi connectivity index (χ0) is 19.6. The van der Waals surface area contributed by atoms with Gasteiger partial charge in [0.2, 0.25) is 10.0 Å². The third-order valence-electron chi connectivity index (χ3n) is 4.01. The summed E-state index contributed by atoms with van der Waals surface area (Å²) >= 11 is 0. The van der Waals surface area contributed by atoms with E-state index in [0.717, 1.165) is 6.26 Å². The number of hydrogen-bond donors (Lipinski definition) is 1. The number of fused-ring (bicyclic) bond motifs is 1. The summed E-state index contributed by atoms with van der Waals surface area (Å²) in [5, 5.41) is 13.4. The second-order valence-corrected chi connectivity index (χ2v) is 7.90. The molecule has 0 aliphatic carbocycles. The van der Waals surface area contributed by atoms with Crippen LogP contribution in [0.25, 0.3) is 0 Å². The van der Waals surface area contributed by atoms with E-state index in [1.807, 2.05) is 0 Å². The van der Waals surface area contributed by atoms with E-state index in [0.29, 0.717) is 5.69 Å². The van der Waals surface area contributed by atoms with Gasteiger partial charge in [0.15, 0.2) is 6.10 Å². The van der Waals surface area contributed by atoms with Crippen molar-refractivity contribution in [1.29, 1.82) is 0 Å². The molecule has 3 rings (SSSR count). The second-order valence-electron chi connectivity index (χ2n) is 5.99. The van der Waals surface area contributed by atoms with Gasteiger partial charge in [-0.3, -0.25) is 19.2 Å². The van der Waals surface area contributed by atoms with E-state index in [-0.39, 0.29) is 30.1 Å². The van der Waals surface area contributed by atoms with Gasteiger partial charge in [0.1, 0.15) is 5.75 Å². The van der Waals surface area contributed by atoms with Crippen molar-refractivity contribution < 1.29 is 22.9 Å². The van der Waals surface area contributed by atoms with Gasteiger partial charge in [-0.2, -0.15) is 0 Å². The maximum Gasteiger partial charge on any atom is 0.271 e. The van der Waals surface area contributed by atoms with Crippen molar-refractivity contribution in [1.82, 2.24) is 0 Å². The minimum Gasteiger partial charge on any atom is -0.478 e. The number of nitrogens with zero attached hydrogens (tertiary/aromatic N) is 2. The molecular formula is C17H17N3O6S. The molecule has 142 valence electrons. The van der Waals surface area contributed by atoms with Gasteiger partial charge in [-0.25, -0.2) is 8.42 Å². The lowest BCUT2D eigenvalue weighted by atomic mass is 10.2. The quantitative estimate of drug-likeness (QED) is 0.630. The molecule has 1 unspecified atom stereocenters. The number of ether oxygens (including phenoxy) is 1. The molecule has 1 aliphatic heterocycles. The van der Waals surface area contributed by atoms with Crippen molar-refractivity contribution in [3.05, 3.63) is 58.6 Å². The SMILES string of the molecule is CS(=O)(=O)N1CCC(C(=O)Nc2cccc([N+](=O)[O-])c2)Oc2ccccc21. The zero-order valence-electron chi connectivity index (χ0n) is 14.4. The van der Waals surface area contributed by atoms with Gasteiger partial charge in [0.05, 0.1) is 16.9 Å². The number of para-hydroxylation sites is 2. The summed E-state index contributed by atoms with van der Waals surface area (Å²) in [6, 6.07) is 12.1. The van der Waals surface area contributed by atoms with Crippen LogP contribution in [0.5, 0.6) is 5.75 Å². The summed E-state index contributed by atoms with van der Waals surface area (Å²) in [6.07, 6.45) is 0.271. The molecule has 0 radical (unpaired) electrons. The lowest BCUT2D eigenvalue weighted by Gasteiger charge is -2.20. The van der Waals surface area contributed by atoms with Crippen molar-refractivity contribution in [2.24, 2.45) is 0 Å². The van der Waals surface area contributed by atoms with Crippen LogP contribution < -0.4 is 14.4 Å². The Labute approximate surface area is 155 Å². The largest absolute Gasteiger partial charge is 0.478 e. The topological polar surface area (TPSA) is 119 Å². The Morgan fingerprint density at radius 3 is 2.70 bits per heavy atom. The van der Waals surface area contributed by atoms with Gasteiger partial charge < -0.3 is 10.1 Å². The number of anilines is 2. The van der Waals surface area contributed by atoms with Crippen LogP contribution in [-0.2, 0) is 14.8 Å². The van der Waals surface area contributed by atoms with E-state index in [4.69, 9.17) is 4.74 Å². The molecule has 0 saturated carbocycles. The van der Waals surface area contributed by atoms with Gasteiger partial charge in [-0.15, -0.1) is 0 Å². The molecule has 2 aromatic carbocycles. The number of nitrogens with one attached hydrogen (secondary N) is 1. The maximum atomic E-state index is 12.6. The first-order valence-electron chi connectivity index (χ1n) is 8.04. The molecule has 1 heterocycles. The summed E-state index contributed by atoms with van der Waals surface area (Å²) in [5.41, 5.74) is 0.476. The van der Waals surface area contributed by atoms with E-state index in [1.54, 1.807) is 24.3 Å². The third-order valence-corrected chi connectivity index (χ3v) is 5.19. The van der Waals surface area contributed by atoms with Crippen molar-refractivity contribution in [2.45, 2.75) is 12.5 Å². The lowest BCUT2D eigenvalue weighted by Crippen LogP contribution is -2.35. The van der Waals surface area contributed by atoms with Crippen molar-refractivity contribution in [3.63, 3.8) is 0 Å². The highest BCUT2D eigenvalue weighted by atomic mass is 32.2. The van der Waals surface area contributed by atoms with Crippen LogP contribution in [0.1, 0.15) is 6.42 Å². The van der Waals surface area contributed by atoms with E-state index in [1.165, 1.54) is 28.6 Å². The van der Waals surface area contributed by atoms with Crippen LogP contribution >= 0.6 is 0 Å². The monoisotopic (exact) mass is 391 g/mol. The molecular weight excluding hydrogens is 374 g/mol. The highest BCUT2D eigenvalue weighted by molar-refractivity contribution is 7.92. The fraction of sp³-hybridized carbons (Fsp3) is 0.235. The van der Waals surface area contributed by atoms with Crippen LogP contribution in [0, 0.1) is 10.1 Å². The summed E-state index contributed by atoms with van der Waals surface area (Å²) in [5.74, 6) is -0.236. The Bertz CT molecular complexity index is 992. The molecule has 1 aliphatic rings. The van der Waals surface area contributed by atoms with Crippen LogP contribution in [0.2, 0.25) is 0 Å². The standard InChI is InChI=1S/C17H17N3O6S/c1-27(24,25)19-10-9-16(26-15-8-3-2-7-14(15)19)17(21)18-12-5-4-6-13(11-12)20(22)23/h2-8,11,16H,9-10H2,1H3,(H,18,21). The first-order chi connectivity index (χ1) is 12.8. The highest BCUT2D eigenvalue weighted by Crippen LogP contribution is 2.34. The average Bonchev–Trinajstić information content (AvgIpc) is 2.81. The molecule has 0 aromatic heterocycles. The van der Waals surface area contributed by atoms with Crippen molar-refractivity contribution in [3.8, 4) is 5.75 Å².